The molecule has 1 atom stereocenters. The van der Waals surface area contributed by atoms with Crippen molar-refractivity contribution in [1.82, 2.24) is 4.98 Å². The summed E-state index contributed by atoms with van der Waals surface area (Å²) in [6.07, 6.45) is 1.25. The molecule has 1 heterocycles. The molecule has 0 spiro atoms. The van der Waals surface area contributed by atoms with Gasteiger partial charge in [0.2, 0.25) is 0 Å². The van der Waals surface area contributed by atoms with Crippen LogP contribution in [0.2, 0.25) is 0 Å². The summed E-state index contributed by atoms with van der Waals surface area (Å²) in [7, 11) is 0. The van der Waals surface area contributed by atoms with Crippen LogP contribution in [0, 0.1) is 6.92 Å². The van der Waals surface area contributed by atoms with E-state index >= 15 is 0 Å². The van der Waals surface area contributed by atoms with Crippen molar-refractivity contribution in [2.45, 2.75) is 39.2 Å². The largest absolute Gasteiger partial charge is 0.458 e. The third-order valence-electron chi connectivity index (χ3n) is 2.37. The van der Waals surface area contributed by atoms with Crippen molar-refractivity contribution in [2.24, 2.45) is 0 Å². The number of rotatable bonds is 4. The zero-order valence-electron chi connectivity index (χ0n) is 10.0. The van der Waals surface area contributed by atoms with E-state index in [0.29, 0.717) is 6.42 Å². The molecule has 1 rings (SSSR count). The van der Waals surface area contributed by atoms with Gasteiger partial charge in [-0.1, -0.05) is 13.0 Å². The van der Waals surface area contributed by atoms with Gasteiger partial charge >= 0.3 is 11.9 Å². The van der Waals surface area contributed by atoms with Crippen LogP contribution in [-0.2, 0) is 15.5 Å². The Kier molecular flexibility index (Phi) is 4.15. The van der Waals surface area contributed by atoms with E-state index in [-0.39, 0.29) is 0 Å². The quantitative estimate of drug-likeness (QED) is 0.763. The van der Waals surface area contributed by atoms with Gasteiger partial charge in [-0.15, -0.1) is 0 Å². The number of halogens is 2. The highest BCUT2D eigenvalue weighted by Crippen LogP contribution is 2.28. The predicted octanol–water partition coefficient (Wildman–Crippen LogP) is 2.82. The third-order valence-corrected chi connectivity index (χ3v) is 2.37. The lowest BCUT2D eigenvalue weighted by Gasteiger charge is -2.17. The first-order valence-corrected chi connectivity index (χ1v) is 5.40. The average molecular weight is 243 g/mol. The molecule has 3 nitrogen and oxygen atoms in total. The summed E-state index contributed by atoms with van der Waals surface area (Å²) in [6.45, 7) is 5.04. The third kappa shape index (κ3) is 3.22. The molecule has 0 radical (unpaired) electrons. The van der Waals surface area contributed by atoms with Crippen LogP contribution < -0.4 is 0 Å². The molecule has 94 valence electrons. The Morgan fingerprint density at radius 1 is 1.53 bits per heavy atom. The predicted molar refractivity (Wildman–Crippen MR) is 58.7 cm³/mol. The van der Waals surface area contributed by atoms with E-state index in [9.17, 15) is 13.6 Å². The molecule has 0 bridgehead atoms. The monoisotopic (exact) mass is 243 g/mol. The first kappa shape index (κ1) is 13.5. The molecular weight excluding hydrogens is 228 g/mol. The van der Waals surface area contributed by atoms with E-state index < -0.39 is 23.7 Å². The molecule has 0 saturated heterocycles. The van der Waals surface area contributed by atoms with Gasteiger partial charge in [-0.25, -0.2) is 4.79 Å². The number of esters is 1. The highest BCUT2D eigenvalue weighted by molar-refractivity contribution is 5.78. The summed E-state index contributed by atoms with van der Waals surface area (Å²) in [5, 5.41) is 0. The van der Waals surface area contributed by atoms with E-state index in [2.05, 4.69) is 9.72 Å². The fraction of sp³-hybridized carbons (Fsp3) is 0.500. The van der Waals surface area contributed by atoms with Crippen LogP contribution in [0.3, 0.4) is 0 Å². The number of pyridine rings is 1. The van der Waals surface area contributed by atoms with E-state index in [0.717, 1.165) is 11.6 Å². The Balaban J connectivity index is 2.86. The van der Waals surface area contributed by atoms with E-state index in [4.69, 9.17) is 0 Å². The summed E-state index contributed by atoms with van der Waals surface area (Å²) >= 11 is 0. The Labute approximate surface area is 98.8 Å². The summed E-state index contributed by atoms with van der Waals surface area (Å²) in [5.41, 5.74) is 0.163. The van der Waals surface area contributed by atoms with Gasteiger partial charge in [0.25, 0.3) is 0 Å². The molecule has 0 saturated carbocycles. The Morgan fingerprint density at radius 2 is 2.18 bits per heavy atom. The molecule has 0 aliphatic heterocycles. The minimum absolute atomic E-state index is 0.489. The van der Waals surface area contributed by atoms with Crippen molar-refractivity contribution in [3.63, 3.8) is 0 Å². The van der Waals surface area contributed by atoms with Crippen molar-refractivity contribution in [3.05, 3.63) is 29.6 Å². The van der Waals surface area contributed by atoms with E-state index in [1.807, 2.05) is 0 Å². The number of aryl methyl sites for hydroxylation is 1. The number of hydrogen-bond donors (Lipinski definition) is 0. The SMILES string of the molecule is CCC(C)OC(=O)C(F)(F)c1ccc(C)cn1. The van der Waals surface area contributed by atoms with E-state index in [1.54, 1.807) is 20.8 Å². The number of ether oxygens (including phenoxy) is 1. The number of alkyl halides is 2. The second-order valence-corrected chi connectivity index (χ2v) is 3.92. The molecule has 0 aromatic carbocycles. The lowest BCUT2D eigenvalue weighted by molar-refractivity contribution is -0.179. The molecule has 0 fully saturated rings. The maximum absolute atomic E-state index is 13.6. The second-order valence-electron chi connectivity index (χ2n) is 3.92. The van der Waals surface area contributed by atoms with Gasteiger partial charge in [-0.3, -0.25) is 4.98 Å². The normalized spacial score (nSPS) is 13.2. The van der Waals surface area contributed by atoms with Crippen LogP contribution in [0.15, 0.2) is 18.3 Å². The molecule has 1 unspecified atom stereocenters. The number of nitrogens with zero attached hydrogens (tertiary/aromatic N) is 1. The van der Waals surface area contributed by atoms with Crippen molar-refractivity contribution in [1.29, 1.82) is 0 Å². The summed E-state index contributed by atoms with van der Waals surface area (Å²) < 4.78 is 31.9. The summed E-state index contributed by atoms with van der Waals surface area (Å²) in [5.74, 6) is -5.25. The van der Waals surface area contributed by atoms with Gasteiger partial charge in [0.15, 0.2) is 0 Å². The minimum Gasteiger partial charge on any atom is -0.458 e. The molecule has 1 aromatic rings. The molecule has 0 N–H and O–H groups in total. The average Bonchev–Trinajstić information content (AvgIpc) is 2.29. The van der Waals surface area contributed by atoms with Crippen LogP contribution in [0.5, 0.6) is 0 Å². The van der Waals surface area contributed by atoms with Crippen molar-refractivity contribution >= 4 is 5.97 Å². The first-order valence-electron chi connectivity index (χ1n) is 5.40. The highest BCUT2D eigenvalue weighted by Gasteiger charge is 2.44. The highest BCUT2D eigenvalue weighted by atomic mass is 19.3. The standard InChI is InChI=1S/C12H15F2NO2/c1-4-9(3)17-11(16)12(13,14)10-6-5-8(2)7-15-10/h5-7,9H,4H2,1-3H3. The summed E-state index contributed by atoms with van der Waals surface area (Å²) in [4.78, 5) is 14.9. The Morgan fingerprint density at radius 3 is 2.65 bits per heavy atom. The maximum Gasteiger partial charge on any atom is 0.384 e. The topological polar surface area (TPSA) is 39.2 Å². The van der Waals surface area contributed by atoms with Crippen LogP contribution in [0.1, 0.15) is 31.5 Å². The zero-order chi connectivity index (χ0) is 13.1. The fourth-order valence-electron chi connectivity index (χ4n) is 1.10. The van der Waals surface area contributed by atoms with Gasteiger partial charge in [0.05, 0.1) is 6.10 Å². The number of carbonyl (C=O) groups excluding carboxylic acids is 1. The molecule has 0 amide bonds. The lowest BCUT2D eigenvalue weighted by Crippen LogP contribution is -2.31. The van der Waals surface area contributed by atoms with Gasteiger partial charge in [-0.05, 0) is 31.9 Å². The van der Waals surface area contributed by atoms with Crippen LogP contribution >= 0.6 is 0 Å². The zero-order valence-corrected chi connectivity index (χ0v) is 10.0. The van der Waals surface area contributed by atoms with Crippen LogP contribution in [0.4, 0.5) is 8.78 Å². The van der Waals surface area contributed by atoms with Crippen LogP contribution in [0.25, 0.3) is 0 Å². The smallest absolute Gasteiger partial charge is 0.384 e. The molecule has 5 heteroatoms. The second kappa shape index (κ2) is 5.21. The van der Waals surface area contributed by atoms with E-state index in [1.165, 1.54) is 12.3 Å². The number of carbonyl (C=O) groups is 1. The number of aromatic nitrogens is 1. The van der Waals surface area contributed by atoms with Crippen LogP contribution in [-0.4, -0.2) is 17.1 Å². The van der Waals surface area contributed by atoms with Crippen molar-refractivity contribution in [2.75, 3.05) is 0 Å². The maximum atomic E-state index is 13.6. The van der Waals surface area contributed by atoms with Gasteiger partial charge in [0.1, 0.15) is 5.69 Å². The minimum atomic E-state index is -3.70. The number of hydrogen-bond acceptors (Lipinski definition) is 3. The Bertz CT molecular complexity index is 390. The van der Waals surface area contributed by atoms with Crippen molar-refractivity contribution in [3.8, 4) is 0 Å². The molecule has 0 aliphatic rings. The van der Waals surface area contributed by atoms with Gasteiger partial charge in [-0.2, -0.15) is 8.78 Å². The Hall–Kier alpha value is -1.52. The lowest BCUT2D eigenvalue weighted by atomic mass is 10.2. The molecule has 0 aliphatic carbocycles. The first-order chi connectivity index (χ1) is 7.87. The summed E-state index contributed by atoms with van der Waals surface area (Å²) in [6, 6.07) is 2.61. The van der Waals surface area contributed by atoms with Gasteiger partial charge < -0.3 is 4.74 Å². The molecular formula is C12H15F2NO2. The molecule has 1 aromatic heterocycles. The molecule has 17 heavy (non-hydrogen) atoms. The fourth-order valence-corrected chi connectivity index (χ4v) is 1.10. The van der Waals surface area contributed by atoms with Gasteiger partial charge in [0, 0.05) is 6.20 Å². The van der Waals surface area contributed by atoms with Crippen molar-refractivity contribution < 1.29 is 18.3 Å².